The number of nitrogens with zero attached hydrogens (tertiary/aromatic N) is 5. The third kappa shape index (κ3) is 5.49. The van der Waals surface area contributed by atoms with E-state index in [1.807, 2.05) is 11.6 Å². The lowest BCUT2D eigenvalue weighted by atomic mass is 9.99. The van der Waals surface area contributed by atoms with Crippen LogP contribution in [0, 0.1) is 0 Å². The number of hydrogen-bond donors (Lipinski definition) is 1. The van der Waals surface area contributed by atoms with Gasteiger partial charge in [-0.05, 0) is 42.5 Å². The van der Waals surface area contributed by atoms with Crippen LogP contribution in [0.25, 0.3) is 0 Å². The lowest BCUT2D eigenvalue weighted by molar-refractivity contribution is 0.346. The zero-order valence-electron chi connectivity index (χ0n) is 16.7. The molecule has 0 radical (unpaired) electrons. The summed E-state index contributed by atoms with van der Waals surface area (Å²) < 4.78 is 12.9. The first kappa shape index (κ1) is 22.3. The first-order valence-electron chi connectivity index (χ1n) is 9.27. The molecule has 0 aliphatic carbocycles. The van der Waals surface area contributed by atoms with Gasteiger partial charge < -0.3 is 24.3 Å². The quantitative estimate of drug-likeness (QED) is 0.272. The highest BCUT2D eigenvalue weighted by atomic mass is 127. The van der Waals surface area contributed by atoms with Crippen LogP contribution in [0.3, 0.4) is 0 Å². The Labute approximate surface area is 183 Å². The molecule has 2 heterocycles. The number of aryl methyl sites for hydroxylation is 1. The van der Waals surface area contributed by atoms with Crippen LogP contribution in [0.4, 0.5) is 0 Å². The van der Waals surface area contributed by atoms with Crippen molar-refractivity contribution in [2.45, 2.75) is 32.4 Å². The minimum absolute atomic E-state index is 0. The van der Waals surface area contributed by atoms with E-state index in [1.54, 1.807) is 26.9 Å². The SMILES string of the molecule is CN=C(NCCCCn1cnnc1)N1CCc2cc(OC)c(OC)cc2C1.I. The number of ether oxygens (including phenoxy) is 2. The van der Waals surface area contributed by atoms with E-state index in [1.165, 1.54) is 11.1 Å². The van der Waals surface area contributed by atoms with Crippen LogP contribution in [-0.2, 0) is 19.5 Å². The summed E-state index contributed by atoms with van der Waals surface area (Å²) in [6.45, 7) is 3.58. The summed E-state index contributed by atoms with van der Waals surface area (Å²) in [5, 5.41) is 11.1. The minimum Gasteiger partial charge on any atom is -0.493 e. The van der Waals surface area contributed by atoms with Crippen LogP contribution in [-0.4, -0.2) is 60.0 Å². The van der Waals surface area contributed by atoms with E-state index in [0.717, 1.165) is 62.9 Å². The second kappa shape index (κ2) is 11.1. The van der Waals surface area contributed by atoms with Gasteiger partial charge in [0, 0.05) is 33.2 Å². The van der Waals surface area contributed by atoms with Gasteiger partial charge in [0.2, 0.25) is 0 Å². The van der Waals surface area contributed by atoms with Gasteiger partial charge in [-0.3, -0.25) is 4.99 Å². The summed E-state index contributed by atoms with van der Waals surface area (Å²) in [7, 11) is 5.18. The lowest BCUT2D eigenvalue weighted by Gasteiger charge is -2.32. The van der Waals surface area contributed by atoms with Crippen molar-refractivity contribution < 1.29 is 9.47 Å². The topological polar surface area (TPSA) is 76.8 Å². The Morgan fingerprint density at radius 3 is 2.43 bits per heavy atom. The van der Waals surface area contributed by atoms with Crippen molar-refractivity contribution in [1.29, 1.82) is 0 Å². The zero-order valence-corrected chi connectivity index (χ0v) is 19.1. The lowest BCUT2D eigenvalue weighted by Crippen LogP contribution is -2.44. The Morgan fingerprint density at radius 2 is 1.79 bits per heavy atom. The molecule has 0 unspecified atom stereocenters. The third-order valence-corrected chi connectivity index (χ3v) is 4.82. The fourth-order valence-electron chi connectivity index (χ4n) is 3.35. The van der Waals surface area contributed by atoms with Crippen molar-refractivity contribution in [3.05, 3.63) is 35.9 Å². The molecule has 0 bridgehead atoms. The number of fused-ring (bicyclic) bond motifs is 1. The third-order valence-electron chi connectivity index (χ3n) is 4.82. The predicted octanol–water partition coefficient (Wildman–Crippen LogP) is 2.33. The van der Waals surface area contributed by atoms with Crippen LogP contribution in [0.5, 0.6) is 11.5 Å². The van der Waals surface area contributed by atoms with Gasteiger partial charge in [0.25, 0.3) is 0 Å². The Bertz CT molecular complexity index is 766. The number of unbranched alkanes of at least 4 members (excludes halogenated alkanes) is 1. The van der Waals surface area contributed by atoms with Crippen LogP contribution >= 0.6 is 24.0 Å². The van der Waals surface area contributed by atoms with Crippen molar-refractivity contribution in [3.63, 3.8) is 0 Å². The molecule has 0 fully saturated rings. The molecule has 8 nitrogen and oxygen atoms in total. The molecule has 0 saturated carbocycles. The number of aromatic nitrogens is 3. The number of methoxy groups -OCH3 is 2. The number of rotatable bonds is 7. The average Bonchev–Trinajstić information content (AvgIpc) is 3.22. The summed E-state index contributed by atoms with van der Waals surface area (Å²) in [4.78, 5) is 6.74. The number of hydrogen-bond acceptors (Lipinski definition) is 5. The molecule has 1 N–H and O–H groups in total. The normalized spacial score (nSPS) is 13.5. The summed E-state index contributed by atoms with van der Waals surface area (Å²) >= 11 is 0. The zero-order chi connectivity index (χ0) is 19.1. The van der Waals surface area contributed by atoms with E-state index in [2.05, 4.69) is 37.5 Å². The fraction of sp³-hybridized carbons (Fsp3) is 0.526. The van der Waals surface area contributed by atoms with Gasteiger partial charge in [0.1, 0.15) is 12.7 Å². The molecule has 3 rings (SSSR count). The molecule has 0 spiro atoms. The minimum atomic E-state index is 0. The first-order chi connectivity index (χ1) is 13.2. The van der Waals surface area contributed by atoms with E-state index in [4.69, 9.17) is 9.47 Å². The van der Waals surface area contributed by atoms with E-state index in [9.17, 15) is 0 Å². The highest BCUT2D eigenvalue weighted by Crippen LogP contribution is 2.33. The van der Waals surface area contributed by atoms with Crippen molar-refractivity contribution in [3.8, 4) is 11.5 Å². The predicted molar refractivity (Wildman–Crippen MR) is 120 cm³/mol. The van der Waals surface area contributed by atoms with Gasteiger partial charge >= 0.3 is 0 Å². The average molecular weight is 500 g/mol. The molecule has 1 aliphatic heterocycles. The van der Waals surface area contributed by atoms with Crippen LogP contribution in [0.1, 0.15) is 24.0 Å². The summed E-state index contributed by atoms with van der Waals surface area (Å²) in [6, 6.07) is 4.17. The second-order valence-corrected chi connectivity index (χ2v) is 6.53. The summed E-state index contributed by atoms with van der Waals surface area (Å²) in [5.74, 6) is 2.51. The molecule has 9 heteroatoms. The Morgan fingerprint density at radius 1 is 1.11 bits per heavy atom. The van der Waals surface area contributed by atoms with Crippen molar-refractivity contribution >= 4 is 29.9 Å². The molecule has 154 valence electrons. The highest BCUT2D eigenvalue weighted by molar-refractivity contribution is 14.0. The summed E-state index contributed by atoms with van der Waals surface area (Å²) in [5.41, 5.74) is 2.57. The number of benzene rings is 1. The smallest absolute Gasteiger partial charge is 0.193 e. The van der Waals surface area contributed by atoms with Crippen LogP contribution < -0.4 is 14.8 Å². The Hall–Kier alpha value is -2.04. The largest absolute Gasteiger partial charge is 0.493 e. The first-order valence-corrected chi connectivity index (χ1v) is 9.27. The van der Waals surface area contributed by atoms with E-state index in [0.29, 0.717) is 0 Å². The molecule has 2 aromatic rings. The van der Waals surface area contributed by atoms with E-state index < -0.39 is 0 Å². The maximum atomic E-state index is 5.45. The number of halogens is 1. The van der Waals surface area contributed by atoms with Crippen molar-refractivity contribution in [1.82, 2.24) is 25.0 Å². The van der Waals surface area contributed by atoms with Gasteiger partial charge in [-0.15, -0.1) is 34.2 Å². The van der Waals surface area contributed by atoms with Gasteiger partial charge in [0.15, 0.2) is 17.5 Å². The number of guanidine groups is 1. The Kier molecular flexibility index (Phi) is 8.81. The molecule has 1 aliphatic rings. The van der Waals surface area contributed by atoms with Gasteiger partial charge in [-0.2, -0.15) is 0 Å². The van der Waals surface area contributed by atoms with Crippen molar-refractivity contribution in [2.24, 2.45) is 4.99 Å². The highest BCUT2D eigenvalue weighted by Gasteiger charge is 2.21. The van der Waals surface area contributed by atoms with Gasteiger partial charge in [0.05, 0.1) is 14.2 Å². The maximum absolute atomic E-state index is 5.45. The molecule has 0 amide bonds. The molecular formula is C19H29IN6O2. The van der Waals surface area contributed by atoms with Gasteiger partial charge in [-0.25, -0.2) is 0 Å². The number of nitrogens with one attached hydrogen (secondary N) is 1. The number of aliphatic imine (C=N–C) groups is 1. The van der Waals surface area contributed by atoms with Gasteiger partial charge in [-0.1, -0.05) is 0 Å². The summed E-state index contributed by atoms with van der Waals surface area (Å²) in [6.07, 6.45) is 6.60. The van der Waals surface area contributed by atoms with E-state index in [-0.39, 0.29) is 24.0 Å². The van der Waals surface area contributed by atoms with Crippen LogP contribution in [0.2, 0.25) is 0 Å². The fourth-order valence-corrected chi connectivity index (χ4v) is 3.35. The monoisotopic (exact) mass is 500 g/mol. The molecular weight excluding hydrogens is 471 g/mol. The molecule has 1 aromatic carbocycles. The standard InChI is InChI=1S/C19H28N6O2.HI/c1-20-19(21-7-4-5-8-24-13-22-23-14-24)25-9-6-15-10-17(26-2)18(27-3)11-16(15)12-25;/h10-11,13-14H,4-9,12H2,1-3H3,(H,20,21);1H. The molecule has 1 aromatic heterocycles. The maximum Gasteiger partial charge on any atom is 0.193 e. The van der Waals surface area contributed by atoms with Crippen LogP contribution in [0.15, 0.2) is 29.8 Å². The Balaban J connectivity index is 0.00000280. The molecule has 28 heavy (non-hydrogen) atoms. The second-order valence-electron chi connectivity index (χ2n) is 6.53. The molecule has 0 atom stereocenters. The molecule has 0 saturated heterocycles. The van der Waals surface area contributed by atoms with E-state index >= 15 is 0 Å². The van der Waals surface area contributed by atoms with Crippen molar-refractivity contribution in [2.75, 3.05) is 34.4 Å².